The molecule has 0 radical (unpaired) electrons. The van der Waals surface area contributed by atoms with Crippen LogP contribution in [0.15, 0.2) is 43.9 Å². The van der Waals surface area contributed by atoms with Gasteiger partial charge in [-0.25, -0.2) is 0 Å². The predicted molar refractivity (Wildman–Crippen MR) is 151 cm³/mol. The Bertz CT molecular complexity index is 1300. The molecule has 2 saturated carbocycles. The van der Waals surface area contributed by atoms with Crippen molar-refractivity contribution < 1.29 is 27.9 Å². The quantitative estimate of drug-likeness (QED) is 0.215. The molecule has 222 valence electrons. The average Bonchev–Trinajstić information content (AvgIpc) is 3.49. The van der Waals surface area contributed by atoms with Gasteiger partial charge in [0.05, 0.1) is 33.3 Å². The van der Waals surface area contributed by atoms with E-state index in [1.807, 2.05) is 0 Å². The summed E-state index contributed by atoms with van der Waals surface area (Å²) in [4.78, 5) is 29.8. The van der Waals surface area contributed by atoms with E-state index in [0.29, 0.717) is 47.7 Å². The van der Waals surface area contributed by atoms with Crippen LogP contribution < -0.4 is 0 Å². The first kappa shape index (κ1) is 31.3. The lowest BCUT2D eigenvalue weighted by atomic mass is 9.74. The average molecular weight is 613 g/mol. The fraction of sp³-hybridized carbons (Fsp3) is 0.533. The molecule has 2 aliphatic carbocycles. The van der Waals surface area contributed by atoms with Crippen molar-refractivity contribution in [2.75, 3.05) is 0 Å². The number of carbonyl (C=O) groups is 2. The van der Waals surface area contributed by atoms with Gasteiger partial charge in [0.2, 0.25) is 0 Å². The summed E-state index contributed by atoms with van der Waals surface area (Å²) < 4.78 is 44.7. The molecule has 2 aromatic rings. The van der Waals surface area contributed by atoms with Crippen molar-refractivity contribution in [3.63, 3.8) is 0 Å². The van der Waals surface area contributed by atoms with E-state index in [2.05, 4.69) is 23.2 Å². The van der Waals surface area contributed by atoms with E-state index in [-0.39, 0.29) is 37.0 Å². The Labute approximate surface area is 247 Å². The van der Waals surface area contributed by atoms with Crippen LogP contribution in [-0.4, -0.2) is 31.6 Å². The number of carbonyl (C=O) groups excluding carboxylic acids is 1. The van der Waals surface area contributed by atoms with E-state index >= 15 is 0 Å². The predicted octanol–water partition coefficient (Wildman–Crippen LogP) is 8.40. The molecule has 2 aliphatic rings. The number of carboxylic acid groups (broad SMARTS) is 1. The minimum atomic E-state index is -4.83. The van der Waals surface area contributed by atoms with Crippen molar-refractivity contribution in [2.24, 2.45) is 22.7 Å². The maximum Gasteiger partial charge on any atom is 0.433 e. The van der Waals surface area contributed by atoms with Gasteiger partial charge in [-0.05, 0) is 81.6 Å². The molecule has 4 rings (SSSR count). The number of aliphatic carboxylic acids is 1. The number of carboxylic acids is 1. The van der Waals surface area contributed by atoms with E-state index in [4.69, 9.17) is 23.2 Å². The number of hydrogen-bond acceptors (Lipinski definition) is 4. The molecule has 11 heteroatoms. The molecule has 0 aliphatic heterocycles. The molecular formula is C30H34Cl2F3N3O3. The number of alkyl halides is 3. The minimum absolute atomic E-state index is 0.216. The molecule has 0 aromatic carbocycles. The molecule has 0 bridgehead atoms. The largest absolute Gasteiger partial charge is 0.481 e. The zero-order valence-electron chi connectivity index (χ0n) is 22.9. The Morgan fingerprint density at radius 3 is 2.20 bits per heavy atom. The summed E-state index contributed by atoms with van der Waals surface area (Å²) in [6, 6.07) is -0.657. The number of hydrogen-bond donors (Lipinski definition) is 1. The lowest BCUT2D eigenvalue weighted by molar-refractivity contribution is -0.152. The number of Topliss-reactive ketones (excluding diaryl/α,β-unsaturated/α-hetero) is 1. The lowest BCUT2D eigenvalue weighted by Crippen LogP contribution is -2.34. The van der Waals surface area contributed by atoms with E-state index in [0.717, 1.165) is 10.9 Å². The third kappa shape index (κ3) is 6.26. The van der Waals surface area contributed by atoms with E-state index in [9.17, 15) is 27.9 Å². The van der Waals surface area contributed by atoms with Crippen LogP contribution in [0.1, 0.15) is 85.9 Å². The van der Waals surface area contributed by atoms with E-state index in [1.54, 1.807) is 19.1 Å². The summed E-state index contributed by atoms with van der Waals surface area (Å²) in [5.41, 5.74) is -2.31. The highest BCUT2D eigenvalue weighted by molar-refractivity contribution is 6.35. The molecule has 2 heterocycles. The van der Waals surface area contributed by atoms with E-state index in [1.165, 1.54) is 12.4 Å². The first-order valence-corrected chi connectivity index (χ1v) is 14.4. The van der Waals surface area contributed by atoms with Gasteiger partial charge in [0, 0.05) is 18.3 Å². The third-order valence-corrected chi connectivity index (χ3v) is 9.73. The Balaban J connectivity index is 1.72. The number of aromatic nitrogens is 3. The fourth-order valence-corrected chi connectivity index (χ4v) is 7.38. The molecule has 41 heavy (non-hydrogen) atoms. The lowest BCUT2D eigenvalue weighted by Gasteiger charge is -2.34. The van der Waals surface area contributed by atoms with Gasteiger partial charge in [0.25, 0.3) is 0 Å². The van der Waals surface area contributed by atoms with Crippen molar-refractivity contribution >= 4 is 35.0 Å². The van der Waals surface area contributed by atoms with Gasteiger partial charge >= 0.3 is 12.1 Å². The van der Waals surface area contributed by atoms with Crippen LogP contribution >= 0.6 is 23.2 Å². The Kier molecular flexibility index (Phi) is 9.10. The highest BCUT2D eigenvalue weighted by Gasteiger charge is 2.50. The maximum atomic E-state index is 14.6. The number of halogens is 5. The number of nitrogens with zero attached hydrogens (tertiary/aromatic N) is 3. The van der Waals surface area contributed by atoms with Crippen LogP contribution in [0.25, 0.3) is 0 Å². The smallest absolute Gasteiger partial charge is 0.433 e. The van der Waals surface area contributed by atoms with Gasteiger partial charge < -0.3 is 5.11 Å². The fourth-order valence-electron chi connectivity index (χ4n) is 6.86. The molecule has 0 saturated heterocycles. The second-order valence-electron chi connectivity index (χ2n) is 11.9. The van der Waals surface area contributed by atoms with Gasteiger partial charge in [0.1, 0.15) is 0 Å². The molecule has 1 unspecified atom stereocenters. The second-order valence-corrected chi connectivity index (χ2v) is 12.7. The van der Waals surface area contributed by atoms with Gasteiger partial charge in [0.15, 0.2) is 11.5 Å². The summed E-state index contributed by atoms with van der Waals surface area (Å²) in [6.45, 7) is 9.35. The first-order chi connectivity index (χ1) is 19.2. The maximum absolute atomic E-state index is 14.6. The molecule has 1 N–H and O–H groups in total. The van der Waals surface area contributed by atoms with Crippen LogP contribution in [0.2, 0.25) is 10.0 Å². The summed E-state index contributed by atoms with van der Waals surface area (Å²) in [5.74, 6) is -2.66. The molecule has 6 nitrogen and oxygen atoms in total. The van der Waals surface area contributed by atoms with Crippen molar-refractivity contribution in [2.45, 2.75) is 76.9 Å². The minimum Gasteiger partial charge on any atom is -0.481 e. The Hall–Kier alpha value is -2.65. The normalized spacial score (nSPS) is 26.0. The van der Waals surface area contributed by atoms with Crippen molar-refractivity contribution in [3.05, 3.63) is 70.8 Å². The van der Waals surface area contributed by atoms with Crippen molar-refractivity contribution in [1.82, 2.24) is 14.8 Å². The zero-order valence-corrected chi connectivity index (χ0v) is 24.4. The highest BCUT2D eigenvalue weighted by atomic mass is 35.5. The first-order valence-electron chi connectivity index (χ1n) is 13.7. The number of rotatable bonds is 10. The monoisotopic (exact) mass is 611 g/mol. The highest BCUT2D eigenvalue weighted by Crippen LogP contribution is 2.54. The van der Waals surface area contributed by atoms with Gasteiger partial charge in [-0.3, -0.25) is 19.3 Å². The van der Waals surface area contributed by atoms with E-state index < -0.39 is 46.6 Å². The third-order valence-electron chi connectivity index (χ3n) is 9.08. The van der Waals surface area contributed by atoms with Crippen LogP contribution in [0, 0.1) is 22.7 Å². The standard InChI is InChI=1S/C30H34Cl2F3N3O3/c1-4-8-29(9-5-2)13-18(12-20-23(31)16-36-17-24(20)32)21(14-29)25(39)22-15-37-38(26(22)30(33,34)35)19-6-10-28(3,11-7-19)27(40)41/h4-5,15-19,21H,1-2,6-14H2,3H3,(H,40,41)/t18-,19-,21?,28-/m0/s1. The topological polar surface area (TPSA) is 85.1 Å². The second kappa shape index (κ2) is 11.9. The number of allylic oxidation sites excluding steroid dienone is 2. The summed E-state index contributed by atoms with van der Waals surface area (Å²) in [7, 11) is 0. The molecule has 0 amide bonds. The molecule has 2 fully saturated rings. The van der Waals surface area contributed by atoms with Gasteiger partial charge in [-0.15, -0.1) is 13.2 Å². The van der Waals surface area contributed by atoms with Crippen molar-refractivity contribution in [1.29, 1.82) is 0 Å². The van der Waals surface area contributed by atoms with Gasteiger partial charge in [-0.2, -0.15) is 18.3 Å². The van der Waals surface area contributed by atoms with Crippen LogP contribution in [0.5, 0.6) is 0 Å². The Morgan fingerprint density at radius 1 is 1.10 bits per heavy atom. The number of pyridine rings is 1. The number of ketones is 1. The van der Waals surface area contributed by atoms with Crippen LogP contribution in [0.4, 0.5) is 13.2 Å². The van der Waals surface area contributed by atoms with Crippen LogP contribution in [-0.2, 0) is 17.4 Å². The molecule has 2 atom stereocenters. The zero-order chi connectivity index (χ0) is 30.2. The summed E-state index contributed by atoms with van der Waals surface area (Å²) in [6.07, 6.45) is 5.90. The molecule has 2 aromatic heterocycles. The summed E-state index contributed by atoms with van der Waals surface area (Å²) >= 11 is 12.8. The Morgan fingerprint density at radius 2 is 1.68 bits per heavy atom. The SMILES string of the molecule is C=CCC1(CC=C)CC(C(=O)c2cnn([C@H]3CC[C@](C)(C(=O)O)CC3)c2C(F)(F)F)[C@@H](Cc2c(Cl)cncc2Cl)C1. The van der Waals surface area contributed by atoms with Crippen molar-refractivity contribution in [3.8, 4) is 0 Å². The molecule has 0 spiro atoms. The molecular weight excluding hydrogens is 578 g/mol. The summed E-state index contributed by atoms with van der Waals surface area (Å²) in [5, 5.41) is 14.3. The van der Waals surface area contributed by atoms with Gasteiger partial charge in [-0.1, -0.05) is 35.4 Å². The van der Waals surface area contributed by atoms with Crippen LogP contribution in [0.3, 0.4) is 0 Å².